The highest BCUT2D eigenvalue weighted by molar-refractivity contribution is 6.46. The number of carbonyl (C=O) groups excluding carboxylic acids is 2. The quantitative estimate of drug-likeness (QED) is 0.616. The minimum Gasteiger partial charge on any atom is -0.383 e. The van der Waals surface area contributed by atoms with Gasteiger partial charge in [0.2, 0.25) is 5.91 Å². The Hall–Kier alpha value is -1.01. The molecule has 0 heterocycles. The summed E-state index contributed by atoms with van der Waals surface area (Å²) >= 11 is 17.6. The van der Waals surface area contributed by atoms with E-state index in [1.807, 2.05) is 0 Å². The molecule has 0 spiro atoms. The number of halogens is 3. The van der Waals surface area contributed by atoms with Crippen LogP contribution in [0.25, 0.3) is 0 Å². The molecule has 0 saturated heterocycles. The number of ether oxygens (including phenoxy) is 1. The van der Waals surface area contributed by atoms with Crippen LogP contribution in [0.1, 0.15) is 10.4 Å². The maximum Gasteiger partial charge on any atom is 0.254 e. The molecule has 0 radical (unpaired) electrons. The second-order valence-electron chi connectivity index (χ2n) is 3.74. The fourth-order valence-corrected chi connectivity index (χ4v) is 2.04. The van der Waals surface area contributed by atoms with Crippen molar-refractivity contribution in [2.24, 2.45) is 0 Å². The van der Waals surface area contributed by atoms with Crippen LogP contribution >= 0.6 is 34.8 Å². The lowest BCUT2D eigenvalue weighted by Gasteiger charge is -2.09. The Balaban J connectivity index is 2.60. The van der Waals surface area contributed by atoms with Crippen LogP contribution < -0.4 is 10.6 Å². The molecule has 1 aromatic rings. The van der Waals surface area contributed by atoms with Crippen LogP contribution in [0.5, 0.6) is 0 Å². The van der Waals surface area contributed by atoms with Gasteiger partial charge in [-0.3, -0.25) is 9.59 Å². The maximum absolute atomic E-state index is 11.9. The van der Waals surface area contributed by atoms with Gasteiger partial charge in [-0.05, 0) is 12.1 Å². The molecule has 0 aliphatic heterocycles. The van der Waals surface area contributed by atoms with E-state index in [0.717, 1.165) is 0 Å². The predicted octanol–water partition coefficient (Wildman–Crippen LogP) is 2.14. The van der Waals surface area contributed by atoms with Gasteiger partial charge >= 0.3 is 0 Å². The van der Waals surface area contributed by atoms with Gasteiger partial charge in [0.25, 0.3) is 5.91 Å². The molecule has 1 aromatic carbocycles. The van der Waals surface area contributed by atoms with Crippen LogP contribution in [0.3, 0.4) is 0 Å². The Morgan fingerprint density at radius 2 is 1.80 bits per heavy atom. The third-order valence-corrected chi connectivity index (χ3v) is 3.43. The fourth-order valence-electron chi connectivity index (χ4n) is 1.34. The van der Waals surface area contributed by atoms with Gasteiger partial charge in [-0.15, -0.1) is 0 Å². The monoisotopic (exact) mass is 338 g/mol. The van der Waals surface area contributed by atoms with Gasteiger partial charge in [-0.1, -0.05) is 34.8 Å². The molecule has 0 saturated carbocycles. The molecule has 2 amide bonds. The van der Waals surface area contributed by atoms with Crippen LogP contribution in [-0.2, 0) is 9.53 Å². The average molecular weight is 340 g/mol. The van der Waals surface area contributed by atoms with Crippen LogP contribution in [0.15, 0.2) is 12.1 Å². The molecule has 0 aliphatic carbocycles. The molecule has 0 atom stereocenters. The predicted molar refractivity (Wildman–Crippen MR) is 78.7 cm³/mol. The van der Waals surface area contributed by atoms with Crippen molar-refractivity contribution in [3.8, 4) is 0 Å². The topological polar surface area (TPSA) is 67.4 Å². The molecule has 1 rings (SSSR count). The molecule has 0 fully saturated rings. The van der Waals surface area contributed by atoms with E-state index in [1.165, 1.54) is 19.2 Å². The second kappa shape index (κ2) is 8.32. The Morgan fingerprint density at radius 3 is 2.45 bits per heavy atom. The van der Waals surface area contributed by atoms with Crippen molar-refractivity contribution in [3.63, 3.8) is 0 Å². The molecule has 0 aliphatic rings. The number of methoxy groups -OCH3 is 1. The average Bonchev–Trinajstić information content (AvgIpc) is 2.41. The number of carbonyl (C=O) groups is 2. The van der Waals surface area contributed by atoms with Gasteiger partial charge < -0.3 is 15.4 Å². The molecule has 2 N–H and O–H groups in total. The Kier molecular flexibility index (Phi) is 7.09. The summed E-state index contributed by atoms with van der Waals surface area (Å²) in [6.45, 7) is 0.567. The van der Waals surface area contributed by atoms with Gasteiger partial charge in [0.15, 0.2) is 0 Å². The maximum atomic E-state index is 11.9. The summed E-state index contributed by atoms with van der Waals surface area (Å²) in [6.07, 6.45) is 0. The van der Waals surface area contributed by atoms with Crippen LogP contribution in [0.4, 0.5) is 0 Å². The summed E-state index contributed by atoms with van der Waals surface area (Å²) in [5.74, 6) is -0.908. The molecule has 20 heavy (non-hydrogen) atoms. The molecule has 110 valence electrons. The number of benzene rings is 1. The van der Waals surface area contributed by atoms with E-state index in [0.29, 0.717) is 13.2 Å². The van der Waals surface area contributed by atoms with E-state index in [4.69, 9.17) is 39.5 Å². The number of hydrogen-bond donors (Lipinski definition) is 2. The molecular formula is C12H13Cl3N2O3. The minimum atomic E-state index is -0.565. The van der Waals surface area contributed by atoms with E-state index in [2.05, 4.69) is 10.6 Å². The summed E-state index contributed by atoms with van der Waals surface area (Å²) < 4.78 is 4.78. The number of rotatable bonds is 6. The number of amides is 2. The number of nitrogens with one attached hydrogen (secondary N) is 2. The Morgan fingerprint density at radius 1 is 1.15 bits per heavy atom. The highest BCUT2D eigenvalue weighted by Gasteiger charge is 2.17. The summed E-state index contributed by atoms with van der Waals surface area (Å²) in [5.41, 5.74) is 0.0468. The van der Waals surface area contributed by atoms with Crippen LogP contribution in [-0.4, -0.2) is 38.6 Å². The van der Waals surface area contributed by atoms with Gasteiger partial charge in [-0.25, -0.2) is 0 Å². The number of hydrogen-bond acceptors (Lipinski definition) is 3. The molecule has 0 aromatic heterocycles. The fraction of sp³-hybridized carbons (Fsp3) is 0.333. The lowest BCUT2D eigenvalue weighted by molar-refractivity contribution is -0.120. The SMILES string of the molecule is COCCNC(=O)CNC(=O)c1c(Cl)ccc(Cl)c1Cl. The third kappa shape index (κ3) is 4.83. The Bertz CT molecular complexity index is 509. The van der Waals surface area contributed by atoms with E-state index >= 15 is 0 Å². The molecule has 0 bridgehead atoms. The highest BCUT2D eigenvalue weighted by Crippen LogP contribution is 2.31. The zero-order valence-corrected chi connectivity index (χ0v) is 12.9. The van der Waals surface area contributed by atoms with Crippen molar-refractivity contribution in [1.29, 1.82) is 0 Å². The Labute approximate surface area is 131 Å². The van der Waals surface area contributed by atoms with Gasteiger partial charge in [-0.2, -0.15) is 0 Å². The summed E-state index contributed by atoms with van der Waals surface area (Å²) in [6, 6.07) is 2.95. The molecule has 5 nitrogen and oxygen atoms in total. The van der Waals surface area contributed by atoms with Gasteiger partial charge in [0.05, 0.1) is 33.8 Å². The molecule has 8 heteroatoms. The highest BCUT2D eigenvalue weighted by atomic mass is 35.5. The first kappa shape index (κ1) is 17.0. The zero-order chi connectivity index (χ0) is 15.1. The van der Waals surface area contributed by atoms with Gasteiger partial charge in [0, 0.05) is 13.7 Å². The summed E-state index contributed by atoms with van der Waals surface area (Å²) in [7, 11) is 1.52. The van der Waals surface area contributed by atoms with Crippen molar-refractivity contribution in [2.75, 3.05) is 26.8 Å². The third-order valence-electron chi connectivity index (χ3n) is 2.31. The van der Waals surface area contributed by atoms with Crippen molar-refractivity contribution in [3.05, 3.63) is 32.8 Å². The van der Waals surface area contributed by atoms with E-state index < -0.39 is 5.91 Å². The lowest BCUT2D eigenvalue weighted by atomic mass is 10.2. The van der Waals surface area contributed by atoms with Crippen LogP contribution in [0, 0.1) is 0 Å². The normalized spacial score (nSPS) is 10.2. The lowest BCUT2D eigenvalue weighted by Crippen LogP contribution is -2.38. The van der Waals surface area contributed by atoms with Crippen molar-refractivity contribution < 1.29 is 14.3 Å². The van der Waals surface area contributed by atoms with Crippen LogP contribution in [0.2, 0.25) is 15.1 Å². The molecular weight excluding hydrogens is 327 g/mol. The summed E-state index contributed by atoms with van der Waals surface area (Å²) in [5, 5.41) is 5.41. The second-order valence-corrected chi connectivity index (χ2v) is 4.94. The zero-order valence-electron chi connectivity index (χ0n) is 10.6. The standard InChI is InChI=1S/C12H13Cl3N2O3/c1-20-5-4-16-9(18)6-17-12(19)10-7(13)2-3-8(14)11(10)15/h2-3H,4-6H2,1H3,(H,16,18)(H,17,19). The first-order chi connectivity index (χ1) is 9.47. The smallest absolute Gasteiger partial charge is 0.254 e. The van der Waals surface area contributed by atoms with Crippen molar-refractivity contribution in [1.82, 2.24) is 10.6 Å². The minimum absolute atomic E-state index is 0.0468. The molecule has 0 unspecified atom stereocenters. The van der Waals surface area contributed by atoms with E-state index in [9.17, 15) is 9.59 Å². The van der Waals surface area contributed by atoms with Crippen molar-refractivity contribution >= 4 is 46.6 Å². The van der Waals surface area contributed by atoms with E-state index in [-0.39, 0.29) is 33.1 Å². The van der Waals surface area contributed by atoms with E-state index in [1.54, 1.807) is 0 Å². The largest absolute Gasteiger partial charge is 0.383 e. The van der Waals surface area contributed by atoms with Gasteiger partial charge in [0.1, 0.15) is 0 Å². The summed E-state index contributed by atoms with van der Waals surface area (Å²) in [4.78, 5) is 23.3. The van der Waals surface area contributed by atoms with Crippen molar-refractivity contribution in [2.45, 2.75) is 0 Å². The first-order valence-electron chi connectivity index (χ1n) is 5.64. The first-order valence-corrected chi connectivity index (χ1v) is 6.78.